The van der Waals surface area contributed by atoms with Gasteiger partial charge >= 0.3 is 0 Å². The minimum Gasteiger partial charge on any atom is -0.297 e. The van der Waals surface area contributed by atoms with Gasteiger partial charge in [0.2, 0.25) is 5.95 Å². The quantitative estimate of drug-likeness (QED) is 0.623. The molecule has 0 aliphatic rings. The molecule has 0 aliphatic carbocycles. The summed E-state index contributed by atoms with van der Waals surface area (Å²) in [6, 6.07) is 1.50. The third-order valence-corrected chi connectivity index (χ3v) is 2.35. The Morgan fingerprint density at radius 3 is 2.71 bits per heavy atom. The van der Waals surface area contributed by atoms with Crippen LogP contribution in [0.15, 0.2) is 10.9 Å². The van der Waals surface area contributed by atoms with Crippen LogP contribution in [-0.4, -0.2) is 14.2 Å². The van der Waals surface area contributed by atoms with Crippen molar-refractivity contribution in [2.45, 2.75) is 13.8 Å². The van der Waals surface area contributed by atoms with E-state index >= 15 is 0 Å². The Morgan fingerprint density at radius 1 is 1.43 bits per heavy atom. The van der Waals surface area contributed by atoms with E-state index in [0.29, 0.717) is 11.4 Å². The molecule has 0 saturated heterocycles. The average molecular weight is 195 g/mol. The highest BCUT2D eigenvalue weighted by atomic mass is 19.1. The molecule has 2 aromatic rings. The first-order valence-corrected chi connectivity index (χ1v) is 4.24. The molecule has 0 atom stereocenters. The molecule has 0 aromatic carbocycles. The van der Waals surface area contributed by atoms with Gasteiger partial charge in [0.05, 0.1) is 0 Å². The van der Waals surface area contributed by atoms with Crippen molar-refractivity contribution in [1.82, 2.24) is 14.2 Å². The molecule has 0 fully saturated rings. The van der Waals surface area contributed by atoms with Crippen molar-refractivity contribution in [3.05, 3.63) is 33.8 Å². The normalized spacial score (nSPS) is 11.1. The highest BCUT2D eigenvalue weighted by molar-refractivity contribution is 5.47. The molecule has 0 bridgehead atoms. The summed E-state index contributed by atoms with van der Waals surface area (Å²) in [5.74, 6) is 0.0119. The van der Waals surface area contributed by atoms with E-state index in [1.54, 1.807) is 20.9 Å². The van der Waals surface area contributed by atoms with Crippen molar-refractivity contribution in [3.63, 3.8) is 0 Å². The summed E-state index contributed by atoms with van der Waals surface area (Å²) < 4.78 is 15.8. The molecule has 0 aliphatic heterocycles. The number of hydrogen-bond donors (Lipinski definition) is 0. The number of halogens is 1. The minimum absolute atomic E-state index is 0.232. The summed E-state index contributed by atoms with van der Waals surface area (Å²) in [7, 11) is 1.62. The first-order valence-electron chi connectivity index (χ1n) is 4.24. The zero-order chi connectivity index (χ0) is 10.5. The lowest BCUT2D eigenvalue weighted by Gasteiger charge is -2.02. The summed E-state index contributed by atoms with van der Waals surface area (Å²) in [5, 5.41) is 3.96. The zero-order valence-corrected chi connectivity index (χ0v) is 8.21. The van der Waals surface area contributed by atoms with E-state index in [1.807, 2.05) is 0 Å². The number of fused-ring (bicyclic) bond motifs is 1. The van der Waals surface area contributed by atoms with Crippen LogP contribution < -0.4 is 5.56 Å². The number of aromatic nitrogens is 3. The van der Waals surface area contributed by atoms with E-state index in [1.165, 1.54) is 10.6 Å². The van der Waals surface area contributed by atoms with Gasteiger partial charge in [-0.3, -0.25) is 9.36 Å². The van der Waals surface area contributed by atoms with Crippen molar-refractivity contribution in [2.24, 2.45) is 7.05 Å². The monoisotopic (exact) mass is 195 g/mol. The van der Waals surface area contributed by atoms with Crippen LogP contribution in [0.3, 0.4) is 0 Å². The molecular formula is C9H10FN3O. The maximum absolute atomic E-state index is 13.4. The Bertz CT molecular complexity index is 567. The second-order valence-corrected chi connectivity index (χ2v) is 3.33. The first kappa shape index (κ1) is 8.93. The molecule has 14 heavy (non-hydrogen) atoms. The van der Waals surface area contributed by atoms with E-state index < -0.39 is 5.95 Å². The van der Waals surface area contributed by atoms with Crippen molar-refractivity contribution in [3.8, 4) is 0 Å². The number of rotatable bonds is 0. The summed E-state index contributed by atoms with van der Waals surface area (Å²) in [4.78, 5) is 11.7. The van der Waals surface area contributed by atoms with Crippen LogP contribution in [0.4, 0.5) is 4.39 Å². The summed E-state index contributed by atoms with van der Waals surface area (Å²) >= 11 is 0. The van der Waals surface area contributed by atoms with Gasteiger partial charge in [0.1, 0.15) is 11.3 Å². The highest BCUT2D eigenvalue weighted by Crippen LogP contribution is 2.09. The molecule has 0 saturated carbocycles. The average Bonchev–Trinajstić information content (AvgIpc) is 2.42. The van der Waals surface area contributed by atoms with Crippen LogP contribution in [0.5, 0.6) is 0 Å². The van der Waals surface area contributed by atoms with Crippen LogP contribution in [-0.2, 0) is 7.05 Å². The van der Waals surface area contributed by atoms with Gasteiger partial charge in [0.25, 0.3) is 5.56 Å². The third kappa shape index (κ3) is 0.982. The van der Waals surface area contributed by atoms with Crippen LogP contribution in [0, 0.1) is 19.8 Å². The predicted octanol–water partition coefficient (Wildman–Crippen LogP) is 0.789. The fraction of sp³-hybridized carbons (Fsp3) is 0.333. The molecule has 0 spiro atoms. The van der Waals surface area contributed by atoms with Gasteiger partial charge in [-0.25, -0.2) is 0 Å². The van der Waals surface area contributed by atoms with Gasteiger partial charge in [-0.2, -0.15) is 14.0 Å². The second-order valence-electron chi connectivity index (χ2n) is 3.33. The molecule has 0 N–H and O–H groups in total. The Balaban J connectivity index is 3.06. The summed E-state index contributed by atoms with van der Waals surface area (Å²) in [5.41, 5.74) is 0.470. The fourth-order valence-corrected chi connectivity index (χ4v) is 1.38. The Kier molecular flexibility index (Phi) is 1.70. The number of hydrogen-bond acceptors (Lipinski definition) is 2. The largest absolute Gasteiger partial charge is 0.297 e. The maximum atomic E-state index is 13.4. The Labute approximate surface area is 79.6 Å². The van der Waals surface area contributed by atoms with Crippen LogP contribution in [0.1, 0.15) is 11.4 Å². The van der Waals surface area contributed by atoms with Crippen LogP contribution in [0.25, 0.3) is 5.52 Å². The second kappa shape index (κ2) is 2.67. The summed E-state index contributed by atoms with van der Waals surface area (Å²) in [6.45, 7) is 3.27. The van der Waals surface area contributed by atoms with Gasteiger partial charge < -0.3 is 0 Å². The van der Waals surface area contributed by atoms with E-state index in [0.717, 1.165) is 4.52 Å². The van der Waals surface area contributed by atoms with Crippen LogP contribution >= 0.6 is 0 Å². The molecule has 0 radical (unpaired) electrons. The lowest BCUT2D eigenvalue weighted by Crippen LogP contribution is -2.23. The predicted molar refractivity (Wildman–Crippen MR) is 49.9 cm³/mol. The van der Waals surface area contributed by atoms with Gasteiger partial charge in [0.15, 0.2) is 0 Å². The fourth-order valence-electron chi connectivity index (χ4n) is 1.38. The molecule has 2 heterocycles. The van der Waals surface area contributed by atoms with Crippen molar-refractivity contribution in [2.75, 3.05) is 0 Å². The molecule has 74 valence electrons. The first-order chi connectivity index (χ1) is 6.52. The van der Waals surface area contributed by atoms with E-state index in [4.69, 9.17) is 0 Å². The maximum Gasteiger partial charge on any atom is 0.277 e. The lowest BCUT2D eigenvalue weighted by atomic mass is 10.4. The van der Waals surface area contributed by atoms with Crippen molar-refractivity contribution < 1.29 is 4.39 Å². The Hall–Kier alpha value is -1.65. The Morgan fingerprint density at radius 2 is 2.07 bits per heavy atom. The van der Waals surface area contributed by atoms with Gasteiger partial charge in [-0.15, -0.1) is 0 Å². The number of nitrogens with zero attached hydrogens (tertiary/aromatic N) is 3. The van der Waals surface area contributed by atoms with Crippen LogP contribution in [0.2, 0.25) is 0 Å². The van der Waals surface area contributed by atoms with Gasteiger partial charge in [-0.05, 0) is 19.9 Å². The molecule has 2 rings (SSSR count). The lowest BCUT2D eigenvalue weighted by molar-refractivity contribution is 0.530. The van der Waals surface area contributed by atoms with E-state index in [2.05, 4.69) is 5.10 Å². The van der Waals surface area contributed by atoms with E-state index in [-0.39, 0.29) is 11.1 Å². The van der Waals surface area contributed by atoms with Gasteiger partial charge in [0, 0.05) is 12.6 Å². The summed E-state index contributed by atoms with van der Waals surface area (Å²) in [6.07, 6.45) is 0. The SMILES string of the molecule is Cc1cc2c(=O)n(C)c(C)nn2c1F. The molecule has 0 unspecified atom stereocenters. The number of aryl methyl sites for hydroxylation is 2. The third-order valence-electron chi connectivity index (χ3n) is 2.35. The molecule has 2 aromatic heterocycles. The topological polar surface area (TPSA) is 39.3 Å². The smallest absolute Gasteiger partial charge is 0.277 e. The highest BCUT2D eigenvalue weighted by Gasteiger charge is 2.11. The van der Waals surface area contributed by atoms with E-state index in [9.17, 15) is 9.18 Å². The molecule has 0 amide bonds. The standard InChI is InChI=1S/C9H10FN3O/c1-5-4-7-9(14)12(3)6(2)11-13(7)8(5)10/h4H,1-3H3. The molecule has 5 heteroatoms. The van der Waals surface area contributed by atoms with Gasteiger partial charge in [-0.1, -0.05) is 0 Å². The van der Waals surface area contributed by atoms with Crippen molar-refractivity contribution >= 4 is 5.52 Å². The van der Waals surface area contributed by atoms with Crippen molar-refractivity contribution in [1.29, 1.82) is 0 Å². The minimum atomic E-state index is -0.471. The molecule has 4 nitrogen and oxygen atoms in total. The zero-order valence-electron chi connectivity index (χ0n) is 8.21. The molecular weight excluding hydrogens is 185 g/mol.